The van der Waals surface area contributed by atoms with Crippen molar-refractivity contribution < 1.29 is 5.11 Å². The lowest BCUT2D eigenvalue weighted by atomic mass is 9.89. The van der Waals surface area contributed by atoms with Crippen molar-refractivity contribution in [1.29, 1.82) is 0 Å². The van der Waals surface area contributed by atoms with Crippen molar-refractivity contribution in [3.8, 4) is 17.0 Å². The van der Waals surface area contributed by atoms with E-state index in [1.807, 2.05) is 0 Å². The lowest BCUT2D eigenvalue weighted by molar-refractivity contribution is 0.454. The predicted molar refractivity (Wildman–Crippen MR) is 139 cm³/mol. The number of H-pyrrole nitrogens is 1. The summed E-state index contributed by atoms with van der Waals surface area (Å²) in [4.78, 5) is 14.0. The van der Waals surface area contributed by atoms with Crippen molar-refractivity contribution in [2.75, 3.05) is 36.0 Å². The fourth-order valence-corrected chi connectivity index (χ4v) is 5.56. The molecular formula is C28H38N4O. The van der Waals surface area contributed by atoms with Gasteiger partial charge in [0.1, 0.15) is 17.4 Å². The second kappa shape index (κ2) is 8.58. The minimum absolute atomic E-state index is 0.247. The van der Waals surface area contributed by atoms with Gasteiger partial charge in [0.15, 0.2) is 0 Å². The number of pyridine rings is 1. The molecule has 33 heavy (non-hydrogen) atoms. The molecule has 2 aromatic heterocycles. The minimum atomic E-state index is 0.247. The Kier molecular flexibility index (Phi) is 5.75. The highest BCUT2D eigenvalue weighted by atomic mass is 16.3. The molecule has 0 spiro atoms. The summed E-state index contributed by atoms with van der Waals surface area (Å²) in [5, 5.41) is 12.2. The maximum Gasteiger partial charge on any atom is 0.138 e. The number of benzene rings is 1. The highest BCUT2D eigenvalue weighted by Crippen LogP contribution is 2.41. The van der Waals surface area contributed by atoms with Crippen LogP contribution in [0.2, 0.25) is 0 Å². The minimum Gasteiger partial charge on any atom is -0.507 e. The fraction of sp³-hybridized carbons (Fsp3) is 0.536. The molecule has 0 bridgehead atoms. The van der Waals surface area contributed by atoms with E-state index in [0.717, 1.165) is 54.4 Å². The van der Waals surface area contributed by atoms with Crippen molar-refractivity contribution in [2.45, 2.75) is 72.1 Å². The lowest BCUT2D eigenvalue weighted by Crippen LogP contribution is -2.19. The molecule has 0 aliphatic carbocycles. The van der Waals surface area contributed by atoms with Gasteiger partial charge in [-0.2, -0.15) is 0 Å². The summed E-state index contributed by atoms with van der Waals surface area (Å²) in [6, 6.07) is 6.64. The van der Waals surface area contributed by atoms with Crippen molar-refractivity contribution in [1.82, 2.24) is 9.97 Å². The van der Waals surface area contributed by atoms with E-state index in [9.17, 15) is 5.11 Å². The second-order valence-electron chi connectivity index (χ2n) is 10.6. The van der Waals surface area contributed by atoms with Crippen LogP contribution in [0.15, 0.2) is 18.2 Å². The highest BCUT2D eigenvalue weighted by molar-refractivity contribution is 5.98. The molecule has 4 heterocycles. The Morgan fingerprint density at radius 1 is 0.848 bits per heavy atom. The van der Waals surface area contributed by atoms with Crippen LogP contribution in [-0.4, -0.2) is 41.3 Å². The molecule has 176 valence electrons. The Hall–Kier alpha value is -2.69. The van der Waals surface area contributed by atoms with Crippen molar-refractivity contribution >= 4 is 22.5 Å². The predicted octanol–water partition coefficient (Wildman–Crippen LogP) is 6.69. The first-order valence-corrected chi connectivity index (χ1v) is 12.8. The first kappa shape index (κ1) is 22.1. The molecule has 0 saturated carbocycles. The zero-order chi connectivity index (χ0) is 23.3. The average molecular weight is 447 g/mol. The summed E-state index contributed by atoms with van der Waals surface area (Å²) in [5.74, 6) is 3.27. The first-order chi connectivity index (χ1) is 15.8. The summed E-state index contributed by atoms with van der Waals surface area (Å²) in [6.45, 7) is 15.2. The molecule has 2 aliphatic heterocycles. The molecule has 5 nitrogen and oxygen atoms in total. The number of nitrogens with zero attached hydrogens (tertiary/aromatic N) is 3. The van der Waals surface area contributed by atoms with E-state index in [-0.39, 0.29) is 11.8 Å². The molecule has 5 heteroatoms. The molecular weight excluding hydrogens is 408 g/mol. The van der Waals surface area contributed by atoms with Gasteiger partial charge in [-0.25, -0.2) is 4.98 Å². The third-order valence-corrected chi connectivity index (χ3v) is 7.53. The molecule has 5 rings (SSSR count). The Bertz CT molecular complexity index is 1140. The number of aromatic hydroxyl groups is 1. The topological polar surface area (TPSA) is 55.4 Å². The van der Waals surface area contributed by atoms with Gasteiger partial charge in [-0.15, -0.1) is 0 Å². The van der Waals surface area contributed by atoms with Crippen LogP contribution in [0.25, 0.3) is 22.2 Å². The van der Waals surface area contributed by atoms with E-state index in [2.05, 4.69) is 67.6 Å². The third kappa shape index (κ3) is 3.85. The molecule has 2 aliphatic rings. The van der Waals surface area contributed by atoms with Gasteiger partial charge in [0, 0.05) is 37.1 Å². The Morgan fingerprint density at radius 2 is 1.39 bits per heavy atom. The Balaban J connectivity index is 1.74. The van der Waals surface area contributed by atoms with Crippen LogP contribution in [0, 0.1) is 6.92 Å². The quantitative estimate of drug-likeness (QED) is 0.458. The Morgan fingerprint density at radius 3 is 1.94 bits per heavy atom. The summed E-state index contributed by atoms with van der Waals surface area (Å²) < 4.78 is 0. The highest BCUT2D eigenvalue weighted by Gasteiger charge is 2.25. The number of hydrogen-bond acceptors (Lipinski definition) is 4. The van der Waals surface area contributed by atoms with Crippen LogP contribution >= 0.6 is 0 Å². The van der Waals surface area contributed by atoms with Crippen LogP contribution < -0.4 is 9.80 Å². The number of rotatable bonds is 5. The van der Waals surface area contributed by atoms with E-state index in [4.69, 9.17) is 4.98 Å². The van der Waals surface area contributed by atoms with Gasteiger partial charge in [0.2, 0.25) is 0 Å². The smallest absolute Gasteiger partial charge is 0.138 e. The van der Waals surface area contributed by atoms with E-state index < -0.39 is 0 Å². The van der Waals surface area contributed by atoms with Gasteiger partial charge in [0.05, 0.1) is 11.2 Å². The van der Waals surface area contributed by atoms with E-state index >= 15 is 0 Å². The normalized spacial score (nSPS) is 16.8. The molecule has 2 fully saturated rings. The van der Waals surface area contributed by atoms with Gasteiger partial charge >= 0.3 is 0 Å². The van der Waals surface area contributed by atoms with Gasteiger partial charge in [-0.1, -0.05) is 27.7 Å². The number of hydrogen-bond donors (Lipinski definition) is 2. The van der Waals surface area contributed by atoms with Gasteiger partial charge in [0.25, 0.3) is 0 Å². The average Bonchev–Trinajstić information content (AvgIpc) is 3.54. The lowest BCUT2D eigenvalue weighted by Gasteiger charge is -2.22. The Labute approximate surface area is 197 Å². The fourth-order valence-electron chi connectivity index (χ4n) is 5.56. The molecule has 2 saturated heterocycles. The molecule has 1 aromatic carbocycles. The number of phenols is 1. The molecule has 0 unspecified atom stereocenters. The summed E-state index contributed by atoms with van der Waals surface area (Å²) >= 11 is 0. The zero-order valence-corrected chi connectivity index (χ0v) is 20.8. The number of aromatic amines is 1. The van der Waals surface area contributed by atoms with Crippen LogP contribution in [0.4, 0.5) is 11.6 Å². The van der Waals surface area contributed by atoms with Crippen molar-refractivity contribution in [3.63, 3.8) is 0 Å². The zero-order valence-electron chi connectivity index (χ0n) is 20.8. The number of aryl methyl sites for hydroxylation is 1. The van der Waals surface area contributed by atoms with Crippen LogP contribution in [0.3, 0.4) is 0 Å². The van der Waals surface area contributed by atoms with Crippen molar-refractivity contribution in [2.24, 2.45) is 0 Å². The number of aromatic nitrogens is 2. The van der Waals surface area contributed by atoms with Gasteiger partial charge in [-0.05, 0) is 79.3 Å². The standard InChI is InChI=1S/C28H38N4O/c1-17(2)21-14-20(15-22(18(3)4)27(21)33)25-19(5)26-23(28(30-25)32-12-8-9-13-32)16-24(29-26)31-10-6-7-11-31/h14-18,29,33H,6-13H2,1-5H3. The van der Waals surface area contributed by atoms with Crippen LogP contribution in [-0.2, 0) is 0 Å². The largest absolute Gasteiger partial charge is 0.507 e. The maximum atomic E-state index is 11.0. The first-order valence-electron chi connectivity index (χ1n) is 12.8. The summed E-state index contributed by atoms with van der Waals surface area (Å²) in [5.41, 5.74) is 6.54. The number of phenolic OH excluding ortho intramolecular Hbond substituents is 1. The molecule has 3 aromatic rings. The third-order valence-electron chi connectivity index (χ3n) is 7.53. The van der Waals surface area contributed by atoms with Crippen LogP contribution in [0.1, 0.15) is 81.9 Å². The van der Waals surface area contributed by atoms with Gasteiger partial charge in [-0.3, -0.25) is 0 Å². The second-order valence-corrected chi connectivity index (χ2v) is 10.6. The number of nitrogens with one attached hydrogen (secondary N) is 1. The maximum absolute atomic E-state index is 11.0. The van der Waals surface area contributed by atoms with Gasteiger partial charge < -0.3 is 19.9 Å². The van der Waals surface area contributed by atoms with Crippen LogP contribution in [0.5, 0.6) is 5.75 Å². The van der Waals surface area contributed by atoms with E-state index in [1.54, 1.807) is 0 Å². The van der Waals surface area contributed by atoms with E-state index in [0.29, 0.717) is 5.75 Å². The van der Waals surface area contributed by atoms with E-state index in [1.165, 1.54) is 48.0 Å². The SMILES string of the molecule is Cc1c(-c2cc(C(C)C)c(O)c(C(C)C)c2)nc(N2CCCC2)c2cc(N3CCCC3)[nH]c12. The molecule has 0 amide bonds. The number of fused-ring (bicyclic) bond motifs is 1. The molecule has 2 N–H and O–H groups in total. The molecule has 0 radical (unpaired) electrons. The molecule has 0 atom stereocenters. The summed E-state index contributed by atoms with van der Waals surface area (Å²) in [7, 11) is 0. The monoisotopic (exact) mass is 446 g/mol. The van der Waals surface area contributed by atoms with Crippen molar-refractivity contribution in [3.05, 3.63) is 34.9 Å². The number of anilines is 2. The summed E-state index contributed by atoms with van der Waals surface area (Å²) in [6.07, 6.45) is 4.98.